The molecular formula is C20H51O6Si5. The maximum atomic E-state index is 6.67. The largest absolute Gasteiger partial charge is 0.437 e. The van der Waals surface area contributed by atoms with Crippen molar-refractivity contribution in [2.24, 2.45) is 0 Å². The molecule has 0 fully saturated rings. The Balaban J connectivity index is 4.62. The smallest absolute Gasteiger partial charge is 0.314 e. The summed E-state index contributed by atoms with van der Waals surface area (Å²) >= 11 is 0. The molecule has 0 aromatic rings. The lowest BCUT2D eigenvalue weighted by Gasteiger charge is -2.42. The first-order chi connectivity index (χ1) is 13.6. The van der Waals surface area contributed by atoms with Crippen LogP contribution in [0.15, 0.2) is 0 Å². The van der Waals surface area contributed by atoms with E-state index in [-0.39, 0.29) is 12.2 Å². The molecule has 0 aliphatic rings. The molecule has 0 aromatic heterocycles. The van der Waals surface area contributed by atoms with Crippen molar-refractivity contribution in [1.82, 2.24) is 0 Å². The van der Waals surface area contributed by atoms with Crippen LogP contribution in [0.2, 0.25) is 78.1 Å². The fourth-order valence-corrected chi connectivity index (χ4v) is 27.6. The highest BCUT2D eigenvalue weighted by atomic mass is 28.5. The monoisotopic (exact) mass is 527 g/mol. The molecule has 0 spiro atoms. The maximum absolute atomic E-state index is 6.67. The van der Waals surface area contributed by atoms with Gasteiger partial charge in [0, 0.05) is 6.61 Å². The lowest BCUT2D eigenvalue weighted by molar-refractivity contribution is -0.0200. The number of ether oxygens (including phenoxy) is 2. The van der Waals surface area contributed by atoms with Crippen LogP contribution in [0.5, 0.6) is 0 Å². The molecule has 2 atom stereocenters. The Morgan fingerprint density at radius 2 is 1.10 bits per heavy atom. The predicted molar refractivity (Wildman–Crippen MR) is 143 cm³/mol. The zero-order chi connectivity index (χ0) is 24.7. The fraction of sp³-hybridized carbons (Fsp3) is 0.950. The summed E-state index contributed by atoms with van der Waals surface area (Å²) in [4.78, 5) is 0. The molecule has 0 aliphatic carbocycles. The van der Waals surface area contributed by atoms with Gasteiger partial charge in [0.15, 0.2) is 16.6 Å². The van der Waals surface area contributed by atoms with Crippen molar-refractivity contribution in [1.29, 1.82) is 0 Å². The van der Waals surface area contributed by atoms with E-state index >= 15 is 0 Å². The van der Waals surface area contributed by atoms with E-state index in [1.807, 2.05) is 13.8 Å². The topological polar surface area (TPSA) is 55.4 Å². The van der Waals surface area contributed by atoms with Gasteiger partial charge in [-0.15, -0.1) is 0 Å². The molecule has 187 valence electrons. The third kappa shape index (κ3) is 17.9. The second-order valence-electron chi connectivity index (χ2n) is 11.4. The van der Waals surface area contributed by atoms with Gasteiger partial charge in [-0.2, -0.15) is 0 Å². The zero-order valence-corrected chi connectivity index (χ0v) is 27.6. The van der Waals surface area contributed by atoms with E-state index < -0.39 is 42.3 Å². The average molecular weight is 528 g/mol. The Labute approximate surface area is 198 Å². The van der Waals surface area contributed by atoms with Gasteiger partial charge < -0.3 is 25.9 Å². The van der Waals surface area contributed by atoms with E-state index in [1.54, 1.807) is 0 Å². The highest BCUT2D eigenvalue weighted by molar-refractivity contribution is 6.90. The molecule has 11 heteroatoms. The summed E-state index contributed by atoms with van der Waals surface area (Å²) < 4.78 is 37.5. The minimum Gasteiger partial charge on any atom is -0.437 e. The van der Waals surface area contributed by atoms with Crippen molar-refractivity contribution in [2.45, 2.75) is 111 Å². The molecule has 31 heavy (non-hydrogen) atoms. The highest BCUT2D eigenvalue weighted by Crippen LogP contribution is 2.27. The van der Waals surface area contributed by atoms with Gasteiger partial charge in [0.2, 0.25) is 0 Å². The van der Waals surface area contributed by atoms with Gasteiger partial charge in [0.25, 0.3) is 0 Å². The van der Waals surface area contributed by atoms with E-state index in [1.165, 1.54) is 0 Å². The third-order valence-electron chi connectivity index (χ3n) is 4.00. The molecule has 0 N–H and O–H groups in total. The normalized spacial score (nSPS) is 15.6. The number of hydrogen-bond acceptors (Lipinski definition) is 6. The van der Waals surface area contributed by atoms with Gasteiger partial charge in [-0.1, -0.05) is 0 Å². The van der Waals surface area contributed by atoms with Crippen LogP contribution in [-0.4, -0.2) is 67.7 Å². The second kappa shape index (κ2) is 12.5. The van der Waals surface area contributed by atoms with Gasteiger partial charge in [-0.05, 0) is 105 Å². The van der Waals surface area contributed by atoms with E-state index in [2.05, 4.69) is 78.9 Å². The highest BCUT2D eigenvalue weighted by Gasteiger charge is 2.45. The van der Waals surface area contributed by atoms with Crippen molar-refractivity contribution in [3.05, 3.63) is 6.92 Å². The van der Waals surface area contributed by atoms with Gasteiger partial charge in [-0.25, -0.2) is 0 Å². The molecule has 0 saturated heterocycles. The van der Waals surface area contributed by atoms with Crippen molar-refractivity contribution < 1.29 is 25.9 Å². The summed E-state index contributed by atoms with van der Waals surface area (Å²) in [6.45, 7) is 33.0. The lowest BCUT2D eigenvalue weighted by atomic mass is 10.4. The Hall–Kier alpha value is 0.844. The van der Waals surface area contributed by atoms with E-state index in [0.29, 0.717) is 6.61 Å². The van der Waals surface area contributed by atoms with Crippen LogP contribution >= 0.6 is 0 Å². The Kier molecular flexibility index (Phi) is 12.9. The minimum atomic E-state index is -2.37. The van der Waals surface area contributed by atoms with E-state index in [0.717, 1.165) is 19.1 Å². The van der Waals surface area contributed by atoms with Crippen LogP contribution in [0, 0.1) is 6.92 Å². The van der Waals surface area contributed by atoms with Crippen LogP contribution in [-0.2, 0) is 25.9 Å². The summed E-state index contributed by atoms with van der Waals surface area (Å²) in [7, 11) is -10.5. The number of rotatable bonds is 16. The zero-order valence-electron chi connectivity index (χ0n) is 22.6. The van der Waals surface area contributed by atoms with Crippen molar-refractivity contribution in [2.75, 3.05) is 13.2 Å². The molecular weight excluding hydrogens is 477 g/mol. The molecule has 0 aliphatic heterocycles. The molecule has 2 unspecified atom stereocenters. The Morgan fingerprint density at radius 3 is 1.55 bits per heavy atom. The number of hydrogen-bond donors (Lipinski definition) is 0. The third-order valence-corrected chi connectivity index (χ3v) is 22.0. The Bertz CT molecular complexity index is 521. The summed E-state index contributed by atoms with van der Waals surface area (Å²) in [6.07, 6.45) is 1.05. The summed E-state index contributed by atoms with van der Waals surface area (Å²) in [6, 6.07) is 1.04. The van der Waals surface area contributed by atoms with Crippen LogP contribution < -0.4 is 0 Å². The van der Waals surface area contributed by atoms with E-state index in [4.69, 9.17) is 25.9 Å². The van der Waals surface area contributed by atoms with Crippen LogP contribution in [0.4, 0.5) is 0 Å². The van der Waals surface area contributed by atoms with Crippen molar-refractivity contribution in [3.8, 4) is 0 Å². The van der Waals surface area contributed by atoms with Gasteiger partial charge in [0.05, 0.1) is 18.8 Å². The summed E-state index contributed by atoms with van der Waals surface area (Å²) in [5.74, 6) is 0. The summed E-state index contributed by atoms with van der Waals surface area (Å²) in [5.41, 5.74) is 0. The molecule has 0 rings (SSSR count). The second-order valence-corrected chi connectivity index (χ2v) is 31.3. The maximum Gasteiger partial charge on any atom is 0.314 e. The molecule has 1 radical (unpaired) electrons. The first-order valence-electron chi connectivity index (χ1n) is 11.5. The minimum absolute atomic E-state index is 0.00916. The first kappa shape index (κ1) is 31.8. The predicted octanol–water partition coefficient (Wildman–Crippen LogP) is 6.23. The van der Waals surface area contributed by atoms with E-state index in [9.17, 15) is 0 Å². The van der Waals surface area contributed by atoms with Crippen LogP contribution in [0.1, 0.15) is 20.3 Å². The molecule has 0 aromatic carbocycles. The lowest BCUT2D eigenvalue weighted by Crippen LogP contribution is -2.58. The first-order valence-corrected chi connectivity index (χ1v) is 26.5. The molecule has 0 heterocycles. The van der Waals surface area contributed by atoms with Crippen LogP contribution in [0.3, 0.4) is 0 Å². The quantitative estimate of drug-likeness (QED) is 0.175. The molecule has 0 bridgehead atoms. The average Bonchev–Trinajstić information content (AvgIpc) is 2.42. The van der Waals surface area contributed by atoms with Gasteiger partial charge >= 0.3 is 25.7 Å². The molecule has 6 nitrogen and oxygen atoms in total. The standard InChI is InChI=1S/C20H51O6Si5/c1-19(2)22-18-20(3)21-16-15-17-28(7,8)24-30(11,12)26-31(13,14)25-29(9,10)23-27(4,5)6/h19-20H,1,15-18H2,2-14H3. The summed E-state index contributed by atoms with van der Waals surface area (Å²) in [5, 5.41) is 0. The Morgan fingerprint density at radius 1 is 0.645 bits per heavy atom. The van der Waals surface area contributed by atoms with Crippen molar-refractivity contribution >= 4 is 42.3 Å². The van der Waals surface area contributed by atoms with Crippen LogP contribution in [0.25, 0.3) is 0 Å². The van der Waals surface area contributed by atoms with Gasteiger partial charge in [-0.3, -0.25) is 0 Å². The fourth-order valence-electron chi connectivity index (χ4n) is 3.83. The molecule has 0 amide bonds. The molecule has 0 saturated carbocycles. The SMILES string of the molecule is [CH2]C(C)OCC(C)OCCC[Si](C)(C)O[Si](C)(C)O[Si](C)(C)O[Si](C)(C)O[Si](C)(C)C. The van der Waals surface area contributed by atoms with Gasteiger partial charge in [0.1, 0.15) is 0 Å². The van der Waals surface area contributed by atoms with Crippen molar-refractivity contribution in [3.63, 3.8) is 0 Å².